The van der Waals surface area contributed by atoms with Gasteiger partial charge in [0.25, 0.3) is 0 Å². The fraction of sp³-hybridized carbons (Fsp3) is 0.412. The van der Waals surface area contributed by atoms with Crippen molar-refractivity contribution < 1.29 is 4.79 Å². The molecular weight excluding hydrogens is 318 g/mol. The summed E-state index contributed by atoms with van der Waals surface area (Å²) in [5, 5.41) is 7.83. The number of aromatic nitrogens is 5. The van der Waals surface area contributed by atoms with Gasteiger partial charge in [-0.05, 0) is 13.0 Å². The van der Waals surface area contributed by atoms with Crippen LogP contribution in [-0.4, -0.2) is 48.0 Å². The monoisotopic (exact) mass is 339 g/mol. The van der Waals surface area contributed by atoms with Crippen LogP contribution in [0, 0.1) is 6.92 Å². The predicted molar refractivity (Wildman–Crippen MR) is 91.7 cm³/mol. The quantitative estimate of drug-likeness (QED) is 0.762. The van der Waals surface area contributed by atoms with E-state index < -0.39 is 0 Å². The molecule has 4 heterocycles. The van der Waals surface area contributed by atoms with E-state index >= 15 is 0 Å². The molecule has 1 aliphatic heterocycles. The molecule has 3 aromatic heterocycles. The average molecular weight is 339 g/mol. The molecule has 8 heteroatoms. The Balaban J connectivity index is 1.55. The van der Waals surface area contributed by atoms with Gasteiger partial charge in [0.15, 0.2) is 0 Å². The van der Waals surface area contributed by atoms with E-state index in [1.165, 1.54) is 0 Å². The van der Waals surface area contributed by atoms with Crippen molar-refractivity contribution >= 4 is 11.7 Å². The zero-order valence-corrected chi connectivity index (χ0v) is 14.5. The lowest BCUT2D eigenvalue weighted by Gasteiger charge is -2.25. The van der Waals surface area contributed by atoms with Crippen molar-refractivity contribution in [2.24, 2.45) is 7.05 Å². The summed E-state index contributed by atoms with van der Waals surface area (Å²) in [5.74, 6) is 0.820. The summed E-state index contributed by atoms with van der Waals surface area (Å²) >= 11 is 0. The number of imidazole rings is 1. The van der Waals surface area contributed by atoms with Gasteiger partial charge in [-0.2, -0.15) is 5.10 Å². The normalized spacial score (nSPS) is 20.8. The van der Waals surface area contributed by atoms with Gasteiger partial charge in [0.05, 0.1) is 17.9 Å². The minimum absolute atomic E-state index is 0.0173. The number of fused-ring (bicyclic) bond motifs is 1. The number of amides is 1. The summed E-state index contributed by atoms with van der Waals surface area (Å²) in [5.41, 5.74) is 3.07. The number of carbonyl (C=O) groups excluding carboxylic acids is 1. The van der Waals surface area contributed by atoms with E-state index in [0.29, 0.717) is 18.7 Å². The van der Waals surface area contributed by atoms with Crippen LogP contribution in [0.5, 0.6) is 0 Å². The summed E-state index contributed by atoms with van der Waals surface area (Å²) in [6, 6.07) is 1.88. The van der Waals surface area contributed by atoms with Gasteiger partial charge in [0, 0.05) is 63.0 Å². The van der Waals surface area contributed by atoms with Crippen LogP contribution in [0.2, 0.25) is 0 Å². The first-order valence-corrected chi connectivity index (χ1v) is 8.30. The molecule has 1 N–H and O–H groups in total. The Morgan fingerprint density at radius 2 is 2.20 bits per heavy atom. The first-order chi connectivity index (χ1) is 12.0. The lowest BCUT2D eigenvalue weighted by atomic mass is 10.0. The number of hydrogen-bond acceptors (Lipinski definition) is 5. The number of carbonyl (C=O) groups is 1. The van der Waals surface area contributed by atoms with Crippen LogP contribution in [-0.2, 0) is 18.4 Å². The predicted octanol–water partition coefficient (Wildman–Crippen LogP) is 0.833. The fourth-order valence-electron chi connectivity index (χ4n) is 3.48. The number of nitrogens with zero attached hydrogens (tertiary/aromatic N) is 6. The molecule has 0 aliphatic carbocycles. The highest BCUT2D eigenvalue weighted by atomic mass is 16.2. The second kappa shape index (κ2) is 5.96. The van der Waals surface area contributed by atoms with Gasteiger partial charge in [-0.25, -0.2) is 9.97 Å². The lowest BCUT2D eigenvalue weighted by Crippen LogP contribution is -2.35. The average Bonchev–Trinajstić information content (AvgIpc) is 3.24. The highest BCUT2D eigenvalue weighted by Crippen LogP contribution is 2.33. The van der Waals surface area contributed by atoms with Crippen LogP contribution in [0.3, 0.4) is 0 Å². The third-order valence-corrected chi connectivity index (χ3v) is 5.01. The summed E-state index contributed by atoms with van der Waals surface area (Å²) in [6.45, 7) is 2.62. The minimum Gasteiger partial charge on any atom is -0.337 e. The second-order valence-corrected chi connectivity index (χ2v) is 6.51. The second-order valence-electron chi connectivity index (χ2n) is 6.51. The molecule has 1 saturated heterocycles. The maximum absolute atomic E-state index is 12.3. The smallest absolute Gasteiger partial charge is 0.233 e. The molecule has 25 heavy (non-hydrogen) atoms. The van der Waals surface area contributed by atoms with E-state index in [-0.39, 0.29) is 18.0 Å². The molecule has 0 radical (unpaired) electrons. The molecule has 0 bridgehead atoms. The molecule has 1 amide bonds. The molecule has 1 aliphatic rings. The van der Waals surface area contributed by atoms with Gasteiger partial charge in [-0.1, -0.05) is 0 Å². The molecule has 0 spiro atoms. The first-order valence-electron chi connectivity index (χ1n) is 8.30. The number of hydrogen-bond donors (Lipinski definition) is 1. The molecule has 1 fully saturated rings. The molecule has 130 valence electrons. The van der Waals surface area contributed by atoms with E-state index in [9.17, 15) is 4.79 Å². The molecule has 0 unspecified atom stereocenters. The van der Waals surface area contributed by atoms with Crippen molar-refractivity contribution in [1.82, 2.24) is 34.4 Å². The summed E-state index contributed by atoms with van der Waals surface area (Å²) in [7, 11) is 3.78. The Morgan fingerprint density at radius 1 is 1.36 bits per heavy atom. The third-order valence-electron chi connectivity index (χ3n) is 5.01. The molecular formula is C17H21N7O. The van der Waals surface area contributed by atoms with E-state index in [1.807, 2.05) is 59.7 Å². The van der Waals surface area contributed by atoms with Crippen LogP contribution in [0.25, 0.3) is 5.78 Å². The summed E-state index contributed by atoms with van der Waals surface area (Å²) < 4.78 is 3.74. The number of aryl methyl sites for hydroxylation is 1. The summed E-state index contributed by atoms with van der Waals surface area (Å²) in [4.78, 5) is 22.8. The van der Waals surface area contributed by atoms with Crippen molar-refractivity contribution in [3.63, 3.8) is 0 Å². The number of likely N-dealkylation sites (tertiary alicyclic amines) is 1. The van der Waals surface area contributed by atoms with Crippen molar-refractivity contribution in [1.29, 1.82) is 0 Å². The molecule has 2 atom stereocenters. The highest BCUT2D eigenvalue weighted by Gasteiger charge is 2.39. The Morgan fingerprint density at radius 3 is 2.92 bits per heavy atom. The Kier molecular flexibility index (Phi) is 3.76. The van der Waals surface area contributed by atoms with Gasteiger partial charge in [0.1, 0.15) is 0 Å². The molecule has 0 saturated carbocycles. The SMILES string of the molecule is Cc1c([C@H]2[C@H](NCc3cn4cccnc4n3)CC(=O)N2C)cnn1C. The maximum Gasteiger partial charge on any atom is 0.233 e. The van der Waals surface area contributed by atoms with Crippen LogP contribution >= 0.6 is 0 Å². The van der Waals surface area contributed by atoms with Gasteiger partial charge < -0.3 is 10.2 Å². The molecule has 4 rings (SSSR count). The third kappa shape index (κ3) is 2.68. The largest absolute Gasteiger partial charge is 0.337 e. The number of nitrogens with one attached hydrogen (secondary N) is 1. The van der Waals surface area contributed by atoms with Gasteiger partial charge in [0.2, 0.25) is 11.7 Å². The van der Waals surface area contributed by atoms with Crippen molar-refractivity contribution in [2.45, 2.75) is 32.0 Å². The van der Waals surface area contributed by atoms with E-state index in [2.05, 4.69) is 20.4 Å². The molecule has 3 aromatic rings. The van der Waals surface area contributed by atoms with Crippen LogP contribution in [0.4, 0.5) is 0 Å². The van der Waals surface area contributed by atoms with Crippen LogP contribution in [0.15, 0.2) is 30.9 Å². The first kappa shape index (κ1) is 15.8. The lowest BCUT2D eigenvalue weighted by molar-refractivity contribution is -0.127. The Labute approximate surface area is 145 Å². The molecule has 8 nitrogen and oxygen atoms in total. The zero-order valence-electron chi connectivity index (χ0n) is 14.5. The fourth-order valence-corrected chi connectivity index (χ4v) is 3.48. The van der Waals surface area contributed by atoms with Crippen molar-refractivity contribution in [2.75, 3.05) is 7.05 Å². The number of rotatable bonds is 4. The van der Waals surface area contributed by atoms with Gasteiger partial charge in [-0.3, -0.25) is 13.9 Å². The van der Waals surface area contributed by atoms with Crippen LogP contribution < -0.4 is 5.32 Å². The Bertz CT molecular complexity index is 895. The van der Waals surface area contributed by atoms with Gasteiger partial charge >= 0.3 is 0 Å². The van der Waals surface area contributed by atoms with E-state index in [0.717, 1.165) is 17.0 Å². The Hall–Kier alpha value is -2.74. The number of likely N-dealkylation sites (N-methyl/N-ethyl adjacent to an activating group) is 1. The zero-order chi connectivity index (χ0) is 17.6. The van der Waals surface area contributed by atoms with Crippen molar-refractivity contribution in [3.05, 3.63) is 47.8 Å². The van der Waals surface area contributed by atoms with Crippen LogP contribution in [0.1, 0.15) is 29.4 Å². The topological polar surface area (TPSA) is 80.3 Å². The molecule has 0 aromatic carbocycles. The minimum atomic E-state index is -0.0173. The van der Waals surface area contributed by atoms with Crippen molar-refractivity contribution in [3.8, 4) is 0 Å². The standard InChI is InChI=1S/C17H21N7O/c1-11-13(9-20-23(11)3)16-14(7-15(25)22(16)2)19-8-12-10-24-6-4-5-18-17(24)21-12/h4-6,9-10,14,16,19H,7-8H2,1-3H3/t14-,16+/m1/s1. The highest BCUT2D eigenvalue weighted by molar-refractivity contribution is 5.80. The summed E-state index contributed by atoms with van der Waals surface area (Å²) in [6.07, 6.45) is 7.94. The maximum atomic E-state index is 12.3. The van der Waals surface area contributed by atoms with Gasteiger partial charge in [-0.15, -0.1) is 0 Å². The van der Waals surface area contributed by atoms with E-state index in [4.69, 9.17) is 0 Å². The van der Waals surface area contributed by atoms with E-state index in [1.54, 1.807) is 6.20 Å².